The number of guanidine groups is 1. The molecule has 1 aliphatic rings. The Morgan fingerprint density at radius 3 is 2.65 bits per heavy atom. The molecule has 1 aromatic heterocycles. The van der Waals surface area contributed by atoms with Gasteiger partial charge >= 0.3 is 5.97 Å². The zero-order valence-electron chi connectivity index (χ0n) is 11.5. The summed E-state index contributed by atoms with van der Waals surface area (Å²) in [6.07, 6.45) is 5.34. The third-order valence-electron chi connectivity index (χ3n) is 3.11. The molecule has 0 bridgehead atoms. The largest absolute Gasteiger partial charge is 0.462 e. The number of thiophene rings is 1. The summed E-state index contributed by atoms with van der Waals surface area (Å²) in [4.78, 5) is 17.4. The molecule has 0 amide bonds. The fourth-order valence-corrected chi connectivity index (χ4v) is 3.60. The van der Waals surface area contributed by atoms with Crippen LogP contribution < -0.4 is 11.5 Å². The molecule has 0 aromatic carbocycles. The molecule has 1 aliphatic carbocycles. The van der Waals surface area contributed by atoms with E-state index in [1.54, 1.807) is 6.92 Å². The normalized spacial score (nSPS) is 13.7. The first-order valence-electron chi connectivity index (χ1n) is 6.54. The van der Waals surface area contributed by atoms with Crippen LogP contribution in [0.4, 0.5) is 5.00 Å². The predicted molar refractivity (Wildman–Crippen MR) is 84.3 cm³/mol. The molecule has 0 saturated heterocycles. The van der Waals surface area contributed by atoms with Crippen molar-refractivity contribution in [2.75, 3.05) is 6.61 Å². The van der Waals surface area contributed by atoms with Crippen LogP contribution in [0.2, 0.25) is 0 Å². The zero-order valence-corrected chi connectivity index (χ0v) is 13.1. The van der Waals surface area contributed by atoms with Gasteiger partial charge in [-0.25, -0.2) is 9.79 Å². The molecule has 112 valence electrons. The number of aliphatic imine (C=N–C) groups is 1. The van der Waals surface area contributed by atoms with Gasteiger partial charge in [-0.3, -0.25) is 0 Å². The van der Waals surface area contributed by atoms with E-state index in [1.165, 1.54) is 22.6 Å². The molecule has 0 aliphatic heterocycles. The molecule has 0 unspecified atom stereocenters. The number of aryl methyl sites for hydroxylation is 1. The van der Waals surface area contributed by atoms with Crippen molar-refractivity contribution in [3.05, 3.63) is 16.0 Å². The van der Waals surface area contributed by atoms with Gasteiger partial charge in [0.25, 0.3) is 0 Å². The van der Waals surface area contributed by atoms with Crippen LogP contribution in [0.15, 0.2) is 4.99 Å². The average molecular weight is 318 g/mol. The maximum Gasteiger partial charge on any atom is 0.341 e. The van der Waals surface area contributed by atoms with E-state index < -0.39 is 0 Å². The van der Waals surface area contributed by atoms with Crippen LogP contribution in [0.1, 0.15) is 47.0 Å². The van der Waals surface area contributed by atoms with Crippen LogP contribution in [0.3, 0.4) is 0 Å². The van der Waals surface area contributed by atoms with Crippen LogP contribution >= 0.6 is 23.7 Å². The quantitative estimate of drug-likeness (QED) is 0.388. The number of rotatable bonds is 3. The highest BCUT2D eigenvalue weighted by atomic mass is 35.5. The summed E-state index contributed by atoms with van der Waals surface area (Å²) in [5.41, 5.74) is 12.5. The smallest absolute Gasteiger partial charge is 0.341 e. The zero-order chi connectivity index (χ0) is 13.8. The molecule has 1 aromatic rings. The van der Waals surface area contributed by atoms with Crippen molar-refractivity contribution in [2.45, 2.75) is 39.0 Å². The Morgan fingerprint density at radius 1 is 1.30 bits per heavy atom. The molecule has 1 heterocycles. The van der Waals surface area contributed by atoms with Crippen molar-refractivity contribution in [1.82, 2.24) is 0 Å². The number of nitrogens with zero attached hydrogens (tertiary/aromatic N) is 1. The minimum Gasteiger partial charge on any atom is -0.462 e. The number of halogens is 1. The summed E-state index contributed by atoms with van der Waals surface area (Å²) in [5.74, 6) is -0.344. The molecule has 5 nitrogen and oxygen atoms in total. The molecule has 0 atom stereocenters. The van der Waals surface area contributed by atoms with Gasteiger partial charge in [0.05, 0.1) is 12.2 Å². The molecule has 0 spiro atoms. The highest BCUT2D eigenvalue weighted by molar-refractivity contribution is 7.16. The van der Waals surface area contributed by atoms with E-state index >= 15 is 0 Å². The van der Waals surface area contributed by atoms with E-state index in [-0.39, 0.29) is 24.3 Å². The Kier molecular flexibility index (Phi) is 6.29. The van der Waals surface area contributed by atoms with Gasteiger partial charge in [0.2, 0.25) is 0 Å². The Morgan fingerprint density at radius 2 is 2.00 bits per heavy atom. The van der Waals surface area contributed by atoms with Gasteiger partial charge in [-0.15, -0.1) is 23.7 Å². The summed E-state index contributed by atoms with van der Waals surface area (Å²) >= 11 is 1.51. The van der Waals surface area contributed by atoms with Crippen molar-refractivity contribution >= 4 is 40.7 Å². The monoisotopic (exact) mass is 317 g/mol. The van der Waals surface area contributed by atoms with Crippen LogP contribution in [-0.2, 0) is 17.6 Å². The Labute approximate surface area is 128 Å². The molecule has 0 fully saturated rings. The maximum atomic E-state index is 12.1. The minimum absolute atomic E-state index is 0. The molecular formula is C13H20ClN3O2S. The van der Waals surface area contributed by atoms with E-state index in [4.69, 9.17) is 16.2 Å². The van der Waals surface area contributed by atoms with Gasteiger partial charge in [-0.2, -0.15) is 0 Å². The van der Waals surface area contributed by atoms with Crippen LogP contribution in [-0.4, -0.2) is 18.5 Å². The first kappa shape index (κ1) is 16.8. The summed E-state index contributed by atoms with van der Waals surface area (Å²) in [6.45, 7) is 2.15. The fourth-order valence-electron chi connectivity index (χ4n) is 2.34. The fraction of sp³-hybridized carbons (Fsp3) is 0.538. The van der Waals surface area contributed by atoms with Crippen LogP contribution in [0.25, 0.3) is 0 Å². The molecule has 4 N–H and O–H groups in total. The van der Waals surface area contributed by atoms with E-state index in [0.29, 0.717) is 17.2 Å². The first-order chi connectivity index (χ1) is 9.13. The van der Waals surface area contributed by atoms with Gasteiger partial charge in [0.15, 0.2) is 5.96 Å². The second-order valence-electron chi connectivity index (χ2n) is 4.50. The van der Waals surface area contributed by atoms with E-state index in [1.807, 2.05) is 0 Å². The number of carbonyl (C=O) groups excluding carboxylic acids is 1. The number of carbonyl (C=O) groups is 1. The highest BCUT2D eigenvalue weighted by Gasteiger charge is 2.25. The topological polar surface area (TPSA) is 90.7 Å². The Bertz CT molecular complexity index is 510. The molecule has 2 rings (SSSR count). The van der Waals surface area contributed by atoms with Gasteiger partial charge in [0.1, 0.15) is 5.00 Å². The maximum absolute atomic E-state index is 12.1. The lowest BCUT2D eigenvalue weighted by molar-refractivity contribution is 0.0526. The summed E-state index contributed by atoms with van der Waals surface area (Å²) in [6, 6.07) is 0. The second-order valence-corrected chi connectivity index (χ2v) is 5.59. The summed E-state index contributed by atoms with van der Waals surface area (Å²) < 4.78 is 5.13. The number of nitrogens with two attached hydrogens (primary N) is 2. The molecule has 7 heteroatoms. The Balaban J connectivity index is 0.00000200. The lowest BCUT2D eigenvalue weighted by Gasteiger charge is -2.05. The molecule has 0 saturated carbocycles. The SMILES string of the molecule is CCOC(=O)c1c(N=C(N)N)sc2c1CCCCC2.Cl. The average Bonchev–Trinajstić information content (AvgIpc) is 2.52. The third kappa shape index (κ3) is 3.64. The second kappa shape index (κ2) is 7.50. The van der Waals surface area contributed by atoms with Crippen molar-refractivity contribution in [3.8, 4) is 0 Å². The van der Waals surface area contributed by atoms with Crippen molar-refractivity contribution < 1.29 is 9.53 Å². The van der Waals surface area contributed by atoms with Crippen LogP contribution in [0.5, 0.6) is 0 Å². The van der Waals surface area contributed by atoms with Crippen LogP contribution in [0, 0.1) is 0 Å². The van der Waals surface area contributed by atoms with E-state index in [0.717, 1.165) is 31.2 Å². The van der Waals surface area contributed by atoms with E-state index in [2.05, 4.69) is 4.99 Å². The van der Waals surface area contributed by atoms with Gasteiger partial charge in [0, 0.05) is 4.88 Å². The number of fused-ring (bicyclic) bond motifs is 1. The lowest BCUT2D eigenvalue weighted by atomic mass is 10.1. The van der Waals surface area contributed by atoms with Crippen molar-refractivity contribution in [2.24, 2.45) is 16.5 Å². The molecular weight excluding hydrogens is 298 g/mol. The Hall–Kier alpha value is -1.27. The summed E-state index contributed by atoms with van der Waals surface area (Å²) in [5, 5.41) is 0.588. The minimum atomic E-state index is -0.318. The van der Waals surface area contributed by atoms with E-state index in [9.17, 15) is 4.79 Å². The number of esters is 1. The number of hydrogen-bond acceptors (Lipinski definition) is 4. The number of hydrogen-bond donors (Lipinski definition) is 2. The number of ether oxygens (including phenoxy) is 1. The van der Waals surface area contributed by atoms with Gasteiger partial charge in [-0.05, 0) is 38.2 Å². The van der Waals surface area contributed by atoms with Gasteiger partial charge < -0.3 is 16.2 Å². The van der Waals surface area contributed by atoms with Crippen molar-refractivity contribution in [3.63, 3.8) is 0 Å². The molecule has 0 radical (unpaired) electrons. The summed E-state index contributed by atoms with van der Waals surface area (Å²) in [7, 11) is 0. The predicted octanol–water partition coefficient (Wildman–Crippen LogP) is 2.52. The highest BCUT2D eigenvalue weighted by Crippen LogP contribution is 2.39. The lowest BCUT2D eigenvalue weighted by Crippen LogP contribution is -2.22. The third-order valence-corrected chi connectivity index (χ3v) is 4.30. The van der Waals surface area contributed by atoms with Gasteiger partial charge in [-0.1, -0.05) is 6.42 Å². The standard InChI is InChI=1S/C13H19N3O2S.ClH/c1-2-18-12(17)10-8-6-4-3-5-7-9(8)19-11(10)16-13(14)15;/h2-7H2,1H3,(H4,14,15,16);1H. The molecule has 20 heavy (non-hydrogen) atoms. The van der Waals surface area contributed by atoms with Crippen molar-refractivity contribution in [1.29, 1.82) is 0 Å². The first-order valence-corrected chi connectivity index (χ1v) is 7.36.